The van der Waals surface area contributed by atoms with Crippen molar-refractivity contribution in [2.45, 2.75) is 13.0 Å². The van der Waals surface area contributed by atoms with E-state index in [2.05, 4.69) is 33.9 Å². The van der Waals surface area contributed by atoms with Gasteiger partial charge in [-0.15, -0.1) is 21.5 Å². The summed E-state index contributed by atoms with van der Waals surface area (Å²) >= 11 is 7.37. The minimum absolute atomic E-state index is 0.237. The highest BCUT2D eigenvalue weighted by atomic mass is 35.5. The quantitative estimate of drug-likeness (QED) is 0.893. The van der Waals surface area contributed by atoms with Crippen molar-refractivity contribution in [2.75, 3.05) is 5.32 Å². The topological polar surface area (TPSA) is 37.8 Å². The van der Waals surface area contributed by atoms with Crippen LogP contribution < -0.4 is 5.32 Å². The van der Waals surface area contributed by atoms with Crippen LogP contribution in [0.25, 0.3) is 0 Å². The Morgan fingerprint density at radius 2 is 2.20 bits per heavy atom. The van der Waals surface area contributed by atoms with Gasteiger partial charge in [-0.1, -0.05) is 17.7 Å². The maximum absolute atomic E-state index is 5.65. The van der Waals surface area contributed by atoms with E-state index in [4.69, 9.17) is 11.6 Å². The zero-order valence-electron chi connectivity index (χ0n) is 8.14. The van der Waals surface area contributed by atoms with E-state index in [0.717, 1.165) is 5.82 Å². The molecular weight excluding hydrogens is 230 g/mol. The van der Waals surface area contributed by atoms with Gasteiger partial charge in [-0.05, 0) is 30.5 Å². The molecule has 0 aliphatic rings. The van der Waals surface area contributed by atoms with Crippen molar-refractivity contribution in [3.05, 3.63) is 39.7 Å². The molecule has 0 saturated heterocycles. The fraction of sp³-hybridized carbons (Fsp3) is 0.200. The Balaban J connectivity index is 2.06. The molecule has 15 heavy (non-hydrogen) atoms. The number of thiophene rings is 1. The normalized spacial score (nSPS) is 12.4. The first-order valence-electron chi connectivity index (χ1n) is 4.55. The summed E-state index contributed by atoms with van der Waals surface area (Å²) in [4.78, 5) is 1.27. The van der Waals surface area contributed by atoms with Crippen molar-refractivity contribution in [3.63, 3.8) is 0 Å². The second-order valence-electron chi connectivity index (χ2n) is 3.12. The van der Waals surface area contributed by atoms with Crippen LogP contribution in [0, 0.1) is 0 Å². The molecule has 0 radical (unpaired) electrons. The van der Waals surface area contributed by atoms with Crippen molar-refractivity contribution in [1.82, 2.24) is 10.2 Å². The second-order valence-corrected chi connectivity index (χ2v) is 4.49. The molecule has 5 heteroatoms. The molecule has 0 fully saturated rings. The Kier molecular flexibility index (Phi) is 3.18. The highest BCUT2D eigenvalue weighted by Crippen LogP contribution is 2.21. The first-order valence-corrected chi connectivity index (χ1v) is 5.80. The van der Waals surface area contributed by atoms with Crippen LogP contribution in [0.3, 0.4) is 0 Å². The van der Waals surface area contributed by atoms with Crippen molar-refractivity contribution in [2.24, 2.45) is 0 Å². The molecule has 0 amide bonds. The fourth-order valence-electron chi connectivity index (χ4n) is 1.22. The standard InChI is InChI=1S/C10H10ClN3S/c1-7(8-3-2-6-15-8)12-10-5-4-9(11)13-14-10/h2-7H,1H3,(H,12,14). The predicted octanol–water partition coefficient (Wildman–Crippen LogP) is 3.36. The zero-order valence-corrected chi connectivity index (χ0v) is 9.72. The lowest BCUT2D eigenvalue weighted by Crippen LogP contribution is -2.06. The second kappa shape index (κ2) is 4.59. The van der Waals surface area contributed by atoms with Gasteiger partial charge in [0.1, 0.15) is 5.82 Å². The first kappa shape index (κ1) is 10.4. The van der Waals surface area contributed by atoms with Gasteiger partial charge in [-0.3, -0.25) is 0 Å². The molecule has 2 aromatic rings. The predicted molar refractivity (Wildman–Crippen MR) is 63.4 cm³/mol. The molecule has 0 spiro atoms. The van der Waals surface area contributed by atoms with Gasteiger partial charge in [0, 0.05) is 4.88 Å². The SMILES string of the molecule is CC(Nc1ccc(Cl)nn1)c1cccs1. The number of nitrogens with one attached hydrogen (secondary N) is 1. The third-order valence-corrected chi connectivity index (χ3v) is 3.22. The molecule has 0 bridgehead atoms. The maximum Gasteiger partial charge on any atom is 0.151 e. The molecule has 0 aromatic carbocycles. The molecule has 2 heterocycles. The molecule has 1 atom stereocenters. The highest BCUT2D eigenvalue weighted by Gasteiger charge is 2.06. The summed E-state index contributed by atoms with van der Waals surface area (Å²) in [5, 5.41) is 13.4. The van der Waals surface area contributed by atoms with E-state index in [0.29, 0.717) is 5.15 Å². The largest absolute Gasteiger partial charge is 0.361 e. The highest BCUT2D eigenvalue weighted by molar-refractivity contribution is 7.10. The van der Waals surface area contributed by atoms with Gasteiger partial charge in [0.15, 0.2) is 5.15 Å². The summed E-state index contributed by atoms with van der Waals surface area (Å²) in [6, 6.07) is 7.90. The Hall–Kier alpha value is -1.13. The van der Waals surface area contributed by atoms with Crippen LogP contribution in [0.1, 0.15) is 17.8 Å². The van der Waals surface area contributed by atoms with Crippen LogP contribution in [-0.4, -0.2) is 10.2 Å². The molecule has 2 aromatic heterocycles. The molecule has 0 aliphatic carbocycles. The lowest BCUT2D eigenvalue weighted by atomic mass is 10.3. The van der Waals surface area contributed by atoms with E-state index in [1.807, 2.05) is 12.1 Å². The summed E-state index contributed by atoms with van der Waals surface area (Å²) in [5.41, 5.74) is 0. The average Bonchev–Trinajstić information content (AvgIpc) is 2.74. The van der Waals surface area contributed by atoms with Gasteiger partial charge in [0.25, 0.3) is 0 Å². The lowest BCUT2D eigenvalue weighted by molar-refractivity contribution is 0.879. The van der Waals surface area contributed by atoms with Crippen LogP contribution in [0.15, 0.2) is 29.6 Å². The van der Waals surface area contributed by atoms with Gasteiger partial charge < -0.3 is 5.32 Å². The van der Waals surface area contributed by atoms with Crippen LogP contribution >= 0.6 is 22.9 Å². The van der Waals surface area contributed by atoms with E-state index in [9.17, 15) is 0 Å². The number of hydrogen-bond acceptors (Lipinski definition) is 4. The monoisotopic (exact) mass is 239 g/mol. The molecule has 3 nitrogen and oxygen atoms in total. The first-order chi connectivity index (χ1) is 7.25. The summed E-state index contributed by atoms with van der Waals surface area (Å²) in [6.45, 7) is 2.09. The molecule has 78 valence electrons. The number of hydrogen-bond donors (Lipinski definition) is 1. The van der Waals surface area contributed by atoms with E-state index in [1.165, 1.54) is 4.88 Å². The van der Waals surface area contributed by atoms with E-state index < -0.39 is 0 Å². The van der Waals surface area contributed by atoms with Gasteiger partial charge in [-0.25, -0.2) is 0 Å². The van der Waals surface area contributed by atoms with Gasteiger partial charge in [0.05, 0.1) is 6.04 Å². The third kappa shape index (κ3) is 2.67. The molecule has 0 aliphatic heterocycles. The Morgan fingerprint density at radius 3 is 2.80 bits per heavy atom. The third-order valence-electron chi connectivity index (χ3n) is 1.97. The fourth-order valence-corrected chi connectivity index (χ4v) is 2.06. The summed E-state index contributed by atoms with van der Waals surface area (Å²) in [6.07, 6.45) is 0. The van der Waals surface area contributed by atoms with Crippen LogP contribution in [0.5, 0.6) is 0 Å². The van der Waals surface area contributed by atoms with Crippen LogP contribution in [0.2, 0.25) is 5.15 Å². The van der Waals surface area contributed by atoms with Gasteiger partial charge >= 0.3 is 0 Å². The van der Waals surface area contributed by atoms with Crippen LogP contribution in [-0.2, 0) is 0 Å². The van der Waals surface area contributed by atoms with Crippen molar-refractivity contribution in [3.8, 4) is 0 Å². The average molecular weight is 240 g/mol. The van der Waals surface area contributed by atoms with E-state index in [1.54, 1.807) is 17.4 Å². The molecule has 1 unspecified atom stereocenters. The number of nitrogens with zero attached hydrogens (tertiary/aromatic N) is 2. The smallest absolute Gasteiger partial charge is 0.151 e. The number of anilines is 1. The van der Waals surface area contributed by atoms with Crippen molar-refractivity contribution in [1.29, 1.82) is 0 Å². The van der Waals surface area contributed by atoms with Crippen molar-refractivity contribution >= 4 is 28.8 Å². The van der Waals surface area contributed by atoms with Crippen molar-refractivity contribution < 1.29 is 0 Å². The zero-order chi connectivity index (χ0) is 10.7. The lowest BCUT2D eigenvalue weighted by Gasteiger charge is -2.11. The van der Waals surface area contributed by atoms with Gasteiger partial charge in [0.2, 0.25) is 0 Å². The van der Waals surface area contributed by atoms with E-state index in [-0.39, 0.29) is 6.04 Å². The number of aromatic nitrogens is 2. The minimum atomic E-state index is 0.237. The summed E-state index contributed by atoms with van der Waals surface area (Å²) in [7, 11) is 0. The minimum Gasteiger partial charge on any atom is -0.361 e. The molecule has 2 rings (SSSR count). The summed E-state index contributed by atoms with van der Waals surface area (Å²) in [5.74, 6) is 0.736. The number of rotatable bonds is 3. The van der Waals surface area contributed by atoms with Crippen LogP contribution in [0.4, 0.5) is 5.82 Å². The Morgan fingerprint density at radius 1 is 1.33 bits per heavy atom. The molecule has 0 saturated carbocycles. The summed E-state index contributed by atoms with van der Waals surface area (Å²) < 4.78 is 0. The molecule has 1 N–H and O–H groups in total. The maximum atomic E-state index is 5.65. The Bertz CT molecular complexity index is 413. The van der Waals surface area contributed by atoms with Gasteiger partial charge in [-0.2, -0.15) is 0 Å². The Labute approximate surface area is 97.1 Å². The number of halogens is 1. The van der Waals surface area contributed by atoms with E-state index >= 15 is 0 Å². The molecular formula is C10H10ClN3S.